The van der Waals surface area contributed by atoms with Crippen LogP contribution in [-0.4, -0.2) is 49.2 Å². The van der Waals surface area contributed by atoms with Crippen LogP contribution in [-0.2, 0) is 0 Å². The van der Waals surface area contributed by atoms with E-state index in [0.29, 0.717) is 30.9 Å². The van der Waals surface area contributed by atoms with E-state index >= 15 is 0 Å². The summed E-state index contributed by atoms with van der Waals surface area (Å²) in [7, 11) is 0. The number of halogens is 1. The molecule has 114 valence electrons. The molecule has 0 saturated heterocycles. The normalized spacial score (nSPS) is 14.8. The number of hydrogen-bond donors (Lipinski definition) is 1. The zero-order valence-corrected chi connectivity index (χ0v) is 11.9. The maximum Gasteiger partial charge on any atom is 0.407 e. The molecule has 2 aromatic heterocycles. The minimum Gasteiger partial charge on any atom is -0.465 e. The Balaban J connectivity index is 1.92. The van der Waals surface area contributed by atoms with Crippen LogP contribution < -0.4 is 0 Å². The topological polar surface area (TPSA) is 84.1 Å². The molecule has 1 aliphatic heterocycles. The summed E-state index contributed by atoms with van der Waals surface area (Å²) >= 11 is 0. The van der Waals surface area contributed by atoms with E-state index in [-0.39, 0.29) is 5.69 Å². The van der Waals surface area contributed by atoms with Crippen molar-refractivity contribution in [3.8, 4) is 5.69 Å². The first-order valence-electron chi connectivity index (χ1n) is 6.78. The molecule has 22 heavy (non-hydrogen) atoms. The van der Waals surface area contributed by atoms with Crippen molar-refractivity contribution in [3.63, 3.8) is 0 Å². The molecule has 3 heterocycles. The Labute approximate surface area is 125 Å². The fourth-order valence-corrected chi connectivity index (χ4v) is 2.45. The minimum atomic E-state index is -0.937. The van der Waals surface area contributed by atoms with Crippen LogP contribution in [0.5, 0.6) is 0 Å². The number of carboxylic acid groups (broad SMARTS) is 1. The summed E-state index contributed by atoms with van der Waals surface area (Å²) in [5.41, 5.74) is 2.52. The smallest absolute Gasteiger partial charge is 0.407 e. The first-order valence-corrected chi connectivity index (χ1v) is 6.78. The summed E-state index contributed by atoms with van der Waals surface area (Å²) in [5, 5.41) is 17.1. The predicted molar refractivity (Wildman–Crippen MR) is 76.0 cm³/mol. The Morgan fingerprint density at radius 1 is 1.45 bits per heavy atom. The summed E-state index contributed by atoms with van der Waals surface area (Å²) in [5.74, 6) is -0.614. The molecule has 0 spiro atoms. The van der Waals surface area contributed by atoms with Gasteiger partial charge >= 0.3 is 6.09 Å². The summed E-state index contributed by atoms with van der Waals surface area (Å²) in [6.45, 7) is 2.53. The van der Waals surface area contributed by atoms with Crippen LogP contribution in [0.2, 0.25) is 0 Å². The van der Waals surface area contributed by atoms with Crippen LogP contribution in [0.4, 0.5) is 9.18 Å². The number of hydrogen-bond acceptors (Lipinski definition) is 4. The maximum absolute atomic E-state index is 13.8. The number of nitrogens with zero attached hydrogens (tertiary/aromatic N) is 5. The number of amides is 1. The van der Waals surface area contributed by atoms with Crippen LogP contribution >= 0.6 is 0 Å². The van der Waals surface area contributed by atoms with E-state index in [9.17, 15) is 9.18 Å². The van der Waals surface area contributed by atoms with Crippen molar-refractivity contribution >= 4 is 11.7 Å². The van der Waals surface area contributed by atoms with E-state index in [2.05, 4.69) is 15.3 Å². The molecule has 0 aromatic carbocycles. The highest BCUT2D eigenvalue weighted by Crippen LogP contribution is 2.24. The third-order valence-electron chi connectivity index (χ3n) is 3.65. The summed E-state index contributed by atoms with van der Waals surface area (Å²) in [6, 6.07) is 3.21. The van der Waals surface area contributed by atoms with Crippen molar-refractivity contribution in [1.82, 2.24) is 24.9 Å². The van der Waals surface area contributed by atoms with Gasteiger partial charge in [0.15, 0.2) is 0 Å². The van der Waals surface area contributed by atoms with Gasteiger partial charge in [0, 0.05) is 19.3 Å². The van der Waals surface area contributed by atoms with Gasteiger partial charge in [-0.15, -0.1) is 5.10 Å². The molecule has 0 aliphatic carbocycles. The molecule has 0 atom stereocenters. The van der Waals surface area contributed by atoms with Crippen LogP contribution in [0.1, 0.15) is 17.8 Å². The SMILES string of the molecule is Cc1c(C2=CCN(C(=O)O)CC2)nnn1-c1cccnc1F. The van der Waals surface area contributed by atoms with Gasteiger partial charge in [0.1, 0.15) is 11.4 Å². The number of rotatable bonds is 2. The van der Waals surface area contributed by atoms with Gasteiger partial charge < -0.3 is 10.0 Å². The number of aromatic nitrogens is 4. The lowest BCUT2D eigenvalue weighted by atomic mass is 10.0. The van der Waals surface area contributed by atoms with Gasteiger partial charge in [-0.25, -0.2) is 14.5 Å². The highest BCUT2D eigenvalue weighted by Gasteiger charge is 2.21. The second-order valence-electron chi connectivity index (χ2n) is 4.96. The Morgan fingerprint density at radius 3 is 2.91 bits per heavy atom. The summed E-state index contributed by atoms with van der Waals surface area (Å²) in [6.07, 6.45) is 2.81. The molecule has 3 rings (SSSR count). The first-order chi connectivity index (χ1) is 10.6. The summed E-state index contributed by atoms with van der Waals surface area (Å²) in [4.78, 5) is 15.8. The first kappa shape index (κ1) is 14.2. The van der Waals surface area contributed by atoms with Gasteiger partial charge in [0.25, 0.3) is 0 Å². The molecule has 1 aliphatic rings. The van der Waals surface area contributed by atoms with Gasteiger partial charge in [-0.05, 0) is 31.1 Å². The Bertz CT molecular complexity index is 755. The number of pyridine rings is 1. The Morgan fingerprint density at radius 2 is 2.27 bits per heavy atom. The lowest BCUT2D eigenvalue weighted by molar-refractivity contribution is 0.150. The standard InChI is InChI=1S/C14H14FN5O2/c1-9-12(10-4-7-19(8-5-10)14(21)22)17-18-20(9)11-3-2-6-16-13(11)15/h2-4,6H,5,7-8H2,1H3,(H,21,22). The molecule has 0 saturated carbocycles. The van der Waals surface area contributed by atoms with Crippen molar-refractivity contribution in [2.45, 2.75) is 13.3 Å². The molecule has 0 fully saturated rings. The zero-order chi connectivity index (χ0) is 15.7. The second-order valence-corrected chi connectivity index (χ2v) is 4.96. The van der Waals surface area contributed by atoms with Gasteiger partial charge in [-0.1, -0.05) is 11.3 Å². The second kappa shape index (κ2) is 5.55. The predicted octanol–water partition coefficient (Wildman–Crippen LogP) is 1.88. The van der Waals surface area contributed by atoms with Gasteiger partial charge in [-0.3, -0.25) is 0 Å². The third kappa shape index (κ3) is 2.43. The Hall–Kier alpha value is -2.77. The van der Waals surface area contributed by atoms with Gasteiger partial charge in [-0.2, -0.15) is 4.39 Å². The maximum atomic E-state index is 13.8. The van der Waals surface area contributed by atoms with Gasteiger partial charge in [0.05, 0.1) is 5.69 Å². The minimum absolute atomic E-state index is 0.238. The average Bonchev–Trinajstić information content (AvgIpc) is 2.89. The molecule has 8 heteroatoms. The van der Waals surface area contributed by atoms with Crippen LogP contribution in [0.15, 0.2) is 24.4 Å². The quantitative estimate of drug-likeness (QED) is 0.856. The summed E-state index contributed by atoms with van der Waals surface area (Å²) < 4.78 is 15.2. The molecule has 1 N–H and O–H groups in total. The molecular formula is C14H14FN5O2. The molecule has 2 aromatic rings. The zero-order valence-electron chi connectivity index (χ0n) is 11.9. The average molecular weight is 303 g/mol. The highest BCUT2D eigenvalue weighted by atomic mass is 19.1. The molecule has 0 unspecified atom stereocenters. The molecule has 0 radical (unpaired) electrons. The van der Waals surface area contributed by atoms with Crippen LogP contribution in [0, 0.1) is 12.9 Å². The fraction of sp³-hybridized carbons (Fsp3) is 0.286. The van der Waals surface area contributed by atoms with E-state index < -0.39 is 12.0 Å². The Kier molecular flexibility index (Phi) is 3.58. The van der Waals surface area contributed by atoms with Crippen molar-refractivity contribution < 1.29 is 14.3 Å². The van der Waals surface area contributed by atoms with Crippen molar-refractivity contribution in [1.29, 1.82) is 0 Å². The van der Waals surface area contributed by atoms with E-state index in [4.69, 9.17) is 5.11 Å². The van der Waals surface area contributed by atoms with Crippen molar-refractivity contribution in [3.05, 3.63) is 41.7 Å². The van der Waals surface area contributed by atoms with Crippen molar-refractivity contribution in [2.24, 2.45) is 0 Å². The van der Waals surface area contributed by atoms with Crippen LogP contribution in [0.25, 0.3) is 11.3 Å². The highest BCUT2D eigenvalue weighted by molar-refractivity contribution is 5.70. The fourth-order valence-electron chi connectivity index (χ4n) is 2.45. The molecule has 0 bridgehead atoms. The molecule has 1 amide bonds. The van der Waals surface area contributed by atoms with E-state index in [1.54, 1.807) is 19.1 Å². The number of carbonyl (C=O) groups is 1. The lowest BCUT2D eigenvalue weighted by Gasteiger charge is -2.23. The van der Waals surface area contributed by atoms with E-state index in [1.165, 1.54) is 15.8 Å². The van der Waals surface area contributed by atoms with Crippen LogP contribution in [0.3, 0.4) is 0 Å². The molecular weight excluding hydrogens is 289 g/mol. The monoisotopic (exact) mass is 303 g/mol. The largest absolute Gasteiger partial charge is 0.465 e. The lowest BCUT2D eigenvalue weighted by Crippen LogP contribution is -2.33. The third-order valence-corrected chi connectivity index (χ3v) is 3.65. The van der Waals surface area contributed by atoms with Gasteiger partial charge in [0.2, 0.25) is 5.95 Å². The van der Waals surface area contributed by atoms with Crippen molar-refractivity contribution in [2.75, 3.05) is 13.1 Å². The van der Waals surface area contributed by atoms with E-state index in [1.807, 2.05) is 6.08 Å². The van der Waals surface area contributed by atoms with E-state index in [0.717, 1.165) is 5.57 Å². The molecule has 7 nitrogen and oxygen atoms in total.